The van der Waals surface area contributed by atoms with Crippen molar-refractivity contribution in [1.82, 2.24) is 10.6 Å². The smallest absolute Gasteiger partial charge is 0.550 e. The molecule has 0 aromatic heterocycles. The minimum atomic E-state index is -1.57. The number of aryl methyl sites for hydroxylation is 1. The SMILES string of the molecule is NC1=NC2=NC=C(CCc3ccc(C(=O)NC(CCC(=O)[O-])C(=O)[O-])cc3)C2C(=O)N1.[Na+].[Na+]. The van der Waals surface area contributed by atoms with Gasteiger partial charge in [0.1, 0.15) is 11.8 Å². The van der Waals surface area contributed by atoms with Gasteiger partial charge in [0, 0.05) is 17.7 Å². The monoisotopic (exact) mass is 471 g/mol. The molecule has 0 aliphatic carbocycles. The van der Waals surface area contributed by atoms with Crippen LogP contribution in [0.25, 0.3) is 0 Å². The molecule has 0 saturated carbocycles. The van der Waals surface area contributed by atoms with Crippen molar-refractivity contribution < 1.29 is 88.5 Å². The number of hydrogen-bond acceptors (Lipinski definition) is 9. The van der Waals surface area contributed by atoms with Crippen LogP contribution in [-0.2, 0) is 20.8 Å². The predicted molar refractivity (Wildman–Crippen MR) is 104 cm³/mol. The Hall–Kier alpha value is -2.02. The molecular weight excluding hydrogens is 452 g/mol. The molecule has 2 aliphatic rings. The molecule has 2 amide bonds. The summed E-state index contributed by atoms with van der Waals surface area (Å²) >= 11 is 0. The van der Waals surface area contributed by atoms with Gasteiger partial charge in [-0.1, -0.05) is 12.1 Å². The molecule has 4 N–H and O–H groups in total. The Morgan fingerprint density at radius 3 is 2.39 bits per heavy atom. The zero-order valence-electron chi connectivity index (χ0n) is 18.3. The summed E-state index contributed by atoms with van der Waals surface area (Å²) in [5.41, 5.74) is 7.43. The van der Waals surface area contributed by atoms with Gasteiger partial charge in [-0.3, -0.25) is 14.9 Å². The topological polar surface area (TPSA) is 189 Å². The Morgan fingerprint density at radius 2 is 1.79 bits per heavy atom. The van der Waals surface area contributed by atoms with E-state index in [2.05, 4.69) is 20.6 Å². The molecule has 3 rings (SSSR count). The fourth-order valence-electron chi connectivity index (χ4n) is 3.27. The van der Waals surface area contributed by atoms with Gasteiger partial charge in [-0.05, 0) is 49.0 Å². The van der Waals surface area contributed by atoms with E-state index in [9.17, 15) is 29.4 Å². The number of guanidine groups is 1. The molecular formula is C20H19N5Na2O6. The van der Waals surface area contributed by atoms with Crippen LogP contribution >= 0.6 is 0 Å². The van der Waals surface area contributed by atoms with Crippen LogP contribution in [0.5, 0.6) is 0 Å². The molecule has 2 atom stereocenters. The first-order valence-electron chi connectivity index (χ1n) is 9.46. The Kier molecular flexibility index (Phi) is 11.4. The van der Waals surface area contributed by atoms with Crippen LogP contribution in [0.3, 0.4) is 0 Å². The number of carboxylic acid groups (broad SMARTS) is 2. The van der Waals surface area contributed by atoms with Crippen LogP contribution in [0, 0.1) is 5.92 Å². The molecule has 1 aromatic carbocycles. The molecule has 0 spiro atoms. The Labute approximate surface area is 233 Å². The number of nitrogens with one attached hydrogen (secondary N) is 2. The maximum absolute atomic E-state index is 12.2. The first-order chi connectivity index (χ1) is 14.7. The molecule has 0 radical (unpaired) electrons. The number of amides is 2. The molecule has 2 aliphatic heterocycles. The molecule has 2 unspecified atom stereocenters. The van der Waals surface area contributed by atoms with E-state index in [0.717, 1.165) is 11.1 Å². The molecule has 13 heteroatoms. The second-order valence-electron chi connectivity index (χ2n) is 7.06. The van der Waals surface area contributed by atoms with Crippen molar-refractivity contribution >= 4 is 35.5 Å². The average Bonchev–Trinajstić information content (AvgIpc) is 3.12. The molecule has 2 heterocycles. The molecule has 0 fully saturated rings. The number of hydrogen-bond donors (Lipinski definition) is 3. The number of benzene rings is 1. The number of nitrogens with zero attached hydrogens (tertiary/aromatic N) is 2. The first-order valence-corrected chi connectivity index (χ1v) is 9.46. The number of carbonyl (C=O) groups excluding carboxylic acids is 4. The predicted octanol–water partition coefficient (Wildman–Crippen LogP) is -8.64. The van der Waals surface area contributed by atoms with Crippen molar-refractivity contribution in [1.29, 1.82) is 0 Å². The van der Waals surface area contributed by atoms with Crippen molar-refractivity contribution in [3.63, 3.8) is 0 Å². The van der Waals surface area contributed by atoms with Gasteiger partial charge < -0.3 is 30.9 Å². The maximum Gasteiger partial charge on any atom is 1.00 e. The fourth-order valence-corrected chi connectivity index (χ4v) is 3.27. The first kappa shape index (κ1) is 29.0. The second kappa shape index (κ2) is 13.0. The van der Waals surface area contributed by atoms with Crippen molar-refractivity contribution in [3.05, 3.63) is 47.2 Å². The van der Waals surface area contributed by atoms with Crippen LogP contribution in [-0.4, -0.2) is 41.6 Å². The standard InChI is InChI=1S/C20H21N5O6.2Na/c21-20-24-16-15(18(29)25-20)12(9-22-16)6-3-10-1-4-11(5-2-10)17(28)23-13(19(30)31)7-8-14(26)27;;/h1-2,4-5,9,13,15H,3,6-8H2,(H,23,28)(H,26,27)(H,30,31)(H3,21,22,24,25,29);;/q;2*+1/p-2. The van der Waals surface area contributed by atoms with E-state index in [1.54, 1.807) is 18.3 Å². The summed E-state index contributed by atoms with van der Waals surface area (Å²) in [6.07, 6.45) is 1.87. The number of carbonyl (C=O) groups is 4. The van der Waals surface area contributed by atoms with Crippen LogP contribution in [0.15, 0.2) is 46.0 Å². The minimum Gasteiger partial charge on any atom is -0.550 e. The van der Waals surface area contributed by atoms with E-state index in [1.807, 2.05) is 0 Å². The number of carboxylic acids is 2. The van der Waals surface area contributed by atoms with Crippen molar-refractivity contribution in [2.45, 2.75) is 31.7 Å². The normalized spacial score (nSPS) is 17.0. The van der Waals surface area contributed by atoms with E-state index in [1.165, 1.54) is 12.1 Å². The maximum atomic E-state index is 12.2. The number of nitrogens with two attached hydrogens (primary N) is 1. The number of rotatable bonds is 9. The third-order valence-corrected chi connectivity index (χ3v) is 4.89. The number of fused-ring (bicyclic) bond motifs is 1. The van der Waals surface area contributed by atoms with Crippen molar-refractivity contribution in [2.75, 3.05) is 0 Å². The van der Waals surface area contributed by atoms with E-state index < -0.39 is 36.2 Å². The molecule has 11 nitrogen and oxygen atoms in total. The molecule has 162 valence electrons. The van der Waals surface area contributed by atoms with Gasteiger partial charge in [-0.2, -0.15) is 4.99 Å². The van der Waals surface area contributed by atoms with Crippen LogP contribution in [0.4, 0.5) is 0 Å². The van der Waals surface area contributed by atoms with Crippen LogP contribution < -0.4 is 85.7 Å². The van der Waals surface area contributed by atoms with E-state index >= 15 is 0 Å². The van der Waals surface area contributed by atoms with Crippen molar-refractivity contribution in [2.24, 2.45) is 21.6 Å². The minimum absolute atomic E-state index is 0. The summed E-state index contributed by atoms with van der Waals surface area (Å²) in [6, 6.07) is 5.03. The third-order valence-electron chi connectivity index (χ3n) is 4.89. The van der Waals surface area contributed by atoms with Gasteiger partial charge in [0.2, 0.25) is 11.9 Å². The largest absolute Gasteiger partial charge is 1.00 e. The Bertz CT molecular complexity index is 1020. The van der Waals surface area contributed by atoms with E-state index in [-0.39, 0.29) is 83.0 Å². The number of aliphatic imine (C=N–C) groups is 2. The van der Waals surface area contributed by atoms with Gasteiger partial charge in [0.25, 0.3) is 5.91 Å². The van der Waals surface area contributed by atoms with Gasteiger partial charge in [-0.15, -0.1) is 0 Å². The fraction of sp³-hybridized carbons (Fsp3) is 0.300. The van der Waals surface area contributed by atoms with Crippen molar-refractivity contribution in [3.8, 4) is 0 Å². The molecule has 1 aromatic rings. The van der Waals surface area contributed by atoms with E-state index in [4.69, 9.17) is 5.73 Å². The zero-order chi connectivity index (χ0) is 22.5. The van der Waals surface area contributed by atoms with Crippen LogP contribution in [0.2, 0.25) is 0 Å². The third kappa shape index (κ3) is 7.76. The van der Waals surface area contributed by atoms with E-state index in [0.29, 0.717) is 18.7 Å². The zero-order valence-corrected chi connectivity index (χ0v) is 22.3. The summed E-state index contributed by atoms with van der Waals surface area (Å²) in [5, 5.41) is 26.3. The summed E-state index contributed by atoms with van der Waals surface area (Å²) in [4.78, 5) is 54.1. The molecule has 0 saturated heterocycles. The molecule has 0 bridgehead atoms. The Morgan fingerprint density at radius 1 is 1.12 bits per heavy atom. The van der Waals surface area contributed by atoms with Crippen LogP contribution in [0.1, 0.15) is 35.2 Å². The summed E-state index contributed by atoms with van der Waals surface area (Å²) in [6.45, 7) is 0. The average molecular weight is 471 g/mol. The second-order valence-corrected chi connectivity index (χ2v) is 7.06. The number of aliphatic carboxylic acids is 2. The Balaban J connectivity index is 0.00000272. The van der Waals surface area contributed by atoms with Gasteiger partial charge in [0.05, 0.1) is 12.0 Å². The number of amidine groups is 1. The summed E-state index contributed by atoms with van der Waals surface area (Å²) in [5.74, 6) is -4.10. The summed E-state index contributed by atoms with van der Waals surface area (Å²) in [7, 11) is 0. The van der Waals surface area contributed by atoms with Gasteiger partial charge in [0.15, 0.2) is 0 Å². The quantitative estimate of drug-likeness (QED) is 0.298. The van der Waals surface area contributed by atoms with Gasteiger partial charge >= 0.3 is 59.1 Å². The summed E-state index contributed by atoms with van der Waals surface area (Å²) < 4.78 is 0. The molecule has 33 heavy (non-hydrogen) atoms. The van der Waals surface area contributed by atoms with Gasteiger partial charge in [-0.25, -0.2) is 4.99 Å².